The van der Waals surface area contributed by atoms with Gasteiger partial charge in [-0.15, -0.1) is 11.3 Å². The molecule has 3 aromatic rings. The smallest absolute Gasteiger partial charge is 0.261 e. The van der Waals surface area contributed by atoms with E-state index in [1.807, 2.05) is 48.0 Å². The number of carbonyl (C=O) groups excluding carboxylic acids is 1. The van der Waals surface area contributed by atoms with Crippen molar-refractivity contribution in [2.75, 3.05) is 11.9 Å². The number of thiophene rings is 1. The van der Waals surface area contributed by atoms with Gasteiger partial charge in [0.1, 0.15) is 11.9 Å². The Labute approximate surface area is 177 Å². The number of hydrogen-bond donors (Lipinski definition) is 3. The SMILES string of the molecule is CCn1nccc1Nc1ccc(C2=CC(CNC(=O)c3ccc(Cl)s3)ON2)cc1. The van der Waals surface area contributed by atoms with Crippen molar-refractivity contribution in [3.63, 3.8) is 0 Å². The molecule has 0 saturated heterocycles. The number of hydrogen-bond acceptors (Lipinski definition) is 6. The Balaban J connectivity index is 1.34. The summed E-state index contributed by atoms with van der Waals surface area (Å²) in [5.41, 5.74) is 5.77. The lowest BCUT2D eigenvalue weighted by atomic mass is 10.1. The summed E-state index contributed by atoms with van der Waals surface area (Å²) in [6, 6.07) is 13.4. The molecule has 1 unspecified atom stereocenters. The Bertz CT molecular complexity index is 1030. The van der Waals surface area contributed by atoms with Crippen LogP contribution in [0, 0.1) is 0 Å². The predicted molar refractivity (Wildman–Crippen MR) is 115 cm³/mol. The number of nitrogens with one attached hydrogen (secondary N) is 3. The maximum atomic E-state index is 12.1. The van der Waals surface area contributed by atoms with Crippen molar-refractivity contribution in [1.29, 1.82) is 0 Å². The van der Waals surface area contributed by atoms with Crippen molar-refractivity contribution >= 4 is 46.0 Å². The van der Waals surface area contributed by atoms with Crippen molar-refractivity contribution < 1.29 is 9.63 Å². The molecule has 0 fully saturated rings. The second-order valence-corrected chi connectivity index (χ2v) is 8.10. The summed E-state index contributed by atoms with van der Waals surface area (Å²) in [6.07, 6.45) is 3.48. The minimum absolute atomic E-state index is 0.158. The molecule has 0 radical (unpaired) electrons. The van der Waals surface area contributed by atoms with Crippen LogP contribution < -0.4 is 16.1 Å². The lowest BCUT2D eigenvalue weighted by Gasteiger charge is -2.09. The van der Waals surface area contributed by atoms with E-state index in [-0.39, 0.29) is 12.0 Å². The number of nitrogens with zero attached hydrogens (tertiary/aromatic N) is 2. The van der Waals surface area contributed by atoms with Gasteiger partial charge in [0.2, 0.25) is 0 Å². The summed E-state index contributed by atoms with van der Waals surface area (Å²) in [5, 5.41) is 10.5. The molecule has 4 rings (SSSR count). The van der Waals surface area contributed by atoms with Crippen LogP contribution in [0.2, 0.25) is 4.34 Å². The van der Waals surface area contributed by atoms with Crippen LogP contribution in [0.5, 0.6) is 0 Å². The van der Waals surface area contributed by atoms with E-state index in [2.05, 4.69) is 21.2 Å². The number of aromatic nitrogens is 2. The normalized spacial score (nSPS) is 15.7. The molecule has 29 heavy (non-hydrogen) atoms. The molecule has 9 heteroatoms. The van der Waals surface area contributed by atoms with Gasteiger partial charge in [-0.3, -0.25) is 15.1 Å². The summed E-state index contributed by atoms with van der Waals surface area (Å²) >= 11 is 7.12. The molecule has 1 atom stereocenters. The van der Waals surface area contributed by atoms with Crippen LogP contribution in [-0.4, -0.2) is 28.3 Å². The quantitative estimate of drug-likeness (QED) is 0.528. The molecule has 3 heterocycles. The Hall–Kier alpha value is -2.81. The number of halogens is 1. The molecule has 1 aliphatic rings. The molecule has 150 valence electrons. The van der Waals surface area contributed by atoms with Crippen LogP contribution >= 0.6 is 22.9 Å². The van der Waals surface area contributed by atoms with Gasteiger partial charge in [0.25, 0.3) is 5.91 Å². The third kappa shape index (κ3) is 4.61. The van der Waals surface area contributed by atoms with Gasteiger partial charge in [0, 0.05) is 18.3 Å². The maximum Gasteiger partial charge on any atom is 0.261 e. The Morgan fingerprint density at radius 3 is 2.83 bits per heavy atom. The zero-order valence-corrected chi connectivity index (χ0v) is 17.3. The Kier molecular flexibility index (Phi) is 5.84. The van der Waals surface area contributed by atoms with E-state index in [1.54, 1.807) is 18.3 Å². The lowest BCUT2D eigenvalue weighted by molar-refractivity contribution is 0.0499. The molecule has 0 spiro atoms. The molecule has 7 nitrogen and oxygen atoms in total. The molecular weight excluding hydrogens is 410 g/mol. The van der Waals surface area contributed by atoms with E-state index in [9.17, 15) is 4.79 Å². The highest BCUT2D eigenvalue weighted by atomic mass is 35.5. The summed E-state index contributed by atoms with van der Waals surface area (Å²) < 4.78 is 2.49. The van der Waals surface area contributed by atoms with Gasteiger partial charge in [0.05, 0.1) is 27.7 Å². The summed E-state index contributed by atoms with van der Waals surface area (Å²) in [5.74, 6) is 0.790. The second-order valence-electron chi connectivity index (χ2n) is 6.39. The number of rotatable bonds is 7. The van der Waals surface area contributed by atoms with Gasteiger partial charge < -0.3 is 10.6 Å². The van der Waals surface area contributed by atoms with Gasteiger partial charge >= 0.3 is 0 Å². The van der Waals surface area contributed by atoms with E-state index in [4.69, 9.17) is 16.4 Å². The first-order chi connectivity index (χ1) is 14.1. The average molecular weight is 430 g/mol. The third-order valence-electron chi connectivity index (χ3n) is 4.42. The van der Waals surface area contributed by atoms with Crippen LogP contribution in [0.1, 0.15) is 22.2 Å². The fourth-order valence-electron chi connectivity index (χ4n) is 2.94. The molecule has 0 bridgehead atoms. The van der Waals surface area contributed by atoms with Crippen LogP contribution in [0.4, 0.5) is 11.5 Å². The largest absolute Gasteiger partial charge is 0.348 e. The first-order valence-electron chi connectivity index (χ1n) is 9.18. The lowest BCUT2D eigenvalue weighted by Crippen LogP contribution is -2.31. The minimum atomic E-state index is -0.249. The third-order valence-corrected chi connectivity index (χ3v) is 5.65. The number of carbonyl (C=O) groups is 1. The van der Waals surface area contributed by atoms with Crippen LogP contribution in [-0.2, 0) is 11.4 Å². The molecule has 0 saturated carbocycles. The number of benzene rings is 1. The van der Waals surface area contributed by atoms with Gasteiger partial charge in [-0.2, -0.15) is 5.10 Å². The zero-order valence-electron chi connectivity index (χ0n) is 15.7. The topological polar surface area (TPSA) is 80.2 Å². The average Bonchev–Trinajstić information content (AvgIpc) is 3.47. The van der Waals surface area contributed by atoms with E-state index in [1.165, 1.54) is 11.3 Å². The minimum Gasteiger partial charge on any atom is -0.348 e. The molecule has 3 N–H and O–H groups in total. The highest BCUT2D eigenvalue weighted by Gasteiger charge is 2.19. The summed E-state index contributed by atoms with van der Waals surface area (Å²) in [4.78, 5) is 18.2. The van der Waals surface area contributed by atoms with Crippen LogP contribution in [0.3, 0.4) is 0 Å². The number of hydroxylamine groups is 1. The van der Waals surface area contributed by atoms with E-state index < -0.39 is 0 Å². The molecule has 1 aliphatic heterocycles. The van der Waals surface area contributed by atoms with Crippen molar-refractivity contribution in [3.8, 4) is 0 Å². The van der Waals surface area contributed by atoms with Crippen molar-refractivity contribution in [1.82, 2.24) is 20.6 Å². The maximum absolute atomic E-state index is 12.1. The Morgan fingerprint density at radius 1 is 1.28 bits per heavy atom. The van der Waals surface area contributed by atoms with E-state index in [0.29, 0.717) is 15.8 Å². The first-order valence-corrected chi connectivity index (χ1v) is 10.4. The molecule has 2 aromatic heterocycles. The highest BCUT2D eigenvalue weighted by Crippen LogP contribution is 2.23. The van der Waals surface area contributed by atoms with Gasteiger partial charge in [0.15, 0.2) is 0 Å². The fraction of sp³-hybridized carbons (Fsp3) is 0.200. The van der Waals surface area contributed by atoms with Gasteiger partial charge in [-0.1, -0.05) is 23.7 Å². The van der Waals surface area contributed by atoms with Crippen LogP contribution in [0.25, 0.3) is 5.70 Å². The van der Waals surface area contributed by atoms with Crippen molar-refractivity contribution in [2.24, 2.45) is 0 Å². The van der Waals surface area contributed by atoms with Crippen LogP contribution in [0.15, 0.2) is 54.7 Å². The van der Waals surface area contributed by atoms with E-state index >= 15 is 0 Å². The molecular formula is C20H20ClN5O2S. The van der Waals surface area contributed by atoms with Crippen molar-refractivity contribution in [2.45, 2.75) is 19.6 Å². The predicted octanol–water partition coefficient (Wildman–Crippen LogP) is 4.04. The standard InChI is InChI=1S/C20H20ClN5O2S/c1-2-26-19(9-10-23-26)24-14-5-3-13(4-6-14)16-11-15(28-25-16)12-22-20(27)17-7-8-18(21)29-17/h3-11,15,24-25H,2,12H2,1H3,(H,22,27). The molecule has 1 amide bonds. The number of anilines is 2. The monoisotopic (exact) mass is 429 g/mol. The van der Waals surface area contributed by atoms with Gasteiger partial charge in [-0.05, 0) is 42.8 Å². The fourth-order valence-corrected chi connectivity index (χ4v) is 3.90. The summed E-state index contributed by atoms with van der Waals surface area (Å²) in [6.45, 7) is 3.22. The molecule has 0 aliphatic carbocycles. The second kappa shape index (κ2) is 8.69. The number of amides is 1. The highest BCUT2D eigenvalue weighted by molar-refractivity contribution is 7.17. The summed E-state index contributed by atoms with van der Waals surface area (Å²) in [7, 11) is 0. The van der Waals surface area contributed by atoms with Crippen molar-refractivity contribution in [3.05, 3.63) is 69.5 Å². The zero-order chi connectivity index (χ0) is 20.2. The van der Waals surface area contributed by atoms with E-state index in [0.717, 1.165) is 29.3 Å². The number of aryl methyl sites for hydroxylation is 1. The molecule has 1 aromatic carbocycles. The first kappa shape index (κ1) is 19.5. The van der Waals surface area contributed by atoms with Gasteiger partial charge in [-0.25, -0.2) is 4.68 Å². The Morgan fingerprint density at radius 2 is 2.10 bits per heavy atom.